The van der Waals surface area contributed by atoms with Crippen molar-refractivity contribution in [1.29, 1.82) is 0 Å². The standard InChI is InChI=1S/C25H30N2O3S/c1-18-7-12-23(20-5-3-2-4-6-20)31(29,30)27(18)17-19-8-10-21(11-9-19)25-15-13-22(14-16-25)26-24(25)28/h2-6,8-11,18,22-23H,7,12-17H2,1H3,(H,26,28)/t18-,22?,23?,25?/m0/s1. The minimum Gasteiger partial charge on any atom is -0.353 e. The third-order valence-corrected chi connectivity index (χ3v) is 10.0. The minimum atomic E-state index is -3.45. The van der Waals surface area contributed by atoms with Crippen LogP contribution in [-0.4, -0.2) is 30.7 Å². The van der Waals surface area contributed by atoms with Gasteiger partial charge in [-0.3, -0.25) is 4.79 Å². The molecule has 3 saturated heterocycles. The molecule has 6 rings (SSSR count). The summed E-state index contributed by atoms with van der Waals surface area (Å²) >= 11 is 0. The number of piperidine rings is 2. The van der Waals surface area contributed by atoms with Crippen LogP contribution in [0.25, 0.3) is 0 Å². The highest BCUT2D eigenvalue weighted by molar-refractivity contribution is 7.89. The van der Waals surface area contributed by atoms with E-state index in [1.165, 1.54) is 0 Å². The van der Waals surface area contributed by atoms with Gasteiger partial charge in [0.05, 0.1) is 5.41 Å². The van der Waals surface area contributed by atoms with Crippen molar-refractivity contribution >= 4 is 15.9 Å². The first-order valence-electron chi connectivity index (χ1n) is 11.4. The van der Waals surface area contributed by atoms with Crippen molar-refractivity contribution in [3.8, 4) is 0 Å². The second kappa shape index (κ2) is 7.75. The average molecular weight is 439 g/mol. The van der Waals surface area contributed by atoms with Crippen molar-refractivity contribution in [2.45, 2.75) is 74.7 Å². The zero-order chi connectivity index (χ0) is 21.6. The predicted molar refractivity (Wildman–Crippen MR) is 121 cm³/mol. The molecule has 2 atom stereocenters. The molecule has 2 aromatic carbocycles. The van der Waals surface area contributed by atoms with E-state index < -0.39 is 20.7 Å². The SMILES string of the molecule is C[C@H]1CCC(c2ccccc2)S(=O)(=O)N1Cc1ccc(C23CCC(CC2)NC3=O)cc1. The minimum absolute atomic E-state index is 0.0253. The molecule has 6 heteroatoms. The van der Waals surface area contributed by atoms with Crippen molar-refractivity contribution in [3.05, 3.63) is 71.3 Å². The van der Waals surface area contributed by atoms with E-state index in [4.69, 9.17) is 0 Å². The van der Waals surface area contributed by atoms with Gasteiger partial charge in [0.2, 0.25) is 15.9 Å². The molecule has 31 heavy (non-hydrogen) atoms. The summed E-state index contributed by atoms with van der Waals surface area (Å²) in [4.78, 5) is 12.7. The Hall–Kier alpha value is -2.18. The highest BCUT2D eigenvalue weighted by Crippen LogP contribution is 2.44. The predicted octanol–water partition coefficient (Wildman–Crippen LogP) is 4.05. The first-order chi connectivity index (χ1) is 14.9. The molecular weight excluding hydrogens is 408 g/mol. The molecule has 1 unspecified atom stereocenters. The highest BCUT2D eigenvalue weighted by atomic mass is 32.2. The quantitative estimate of drug-likeness (QED) is 0.783. The van der Waals surface area contributed by atoms with Gasteiger partial charge in [-0.15, -0.1) is 0 Å². The number of carbonyl (C=O) groups excluding carboxylic acids is 1. The Balaban J connectivity index is 1.38. The van der Waals surface area contributed by atoms with Crippen LogP contribution in [0.15, 0.2) is 54.6 Å². The Morgan fingerprint density at radius 2 is 1.65 bits per heavy atom. The van der Waals surface area contributed by atoms with E-state index in [0.29, 0.717) is 19.0 Å². The van der Waals surface area contributed by atoms with Crippen LogP contribution in [0.1, 0.15) is 67.4 Å². The number of nitrogens with zero attached hydrogens (tertiary/aromatic N) is 1. The molecule has 164 valence electrons. The summed E-state index contributed by atoms with van der Waals surface area (Å²) in [6.45, 7) is 2.37. The summed E-state index contributed by atoms with van der Waals surface area (Å²) in [5.74, 6) is 0.153. The molecule has 0 radical (unpaired) electrons. The summed E-state index contributed by atoms with van der Waals surface area (Å²) in [5.41, 5.74) is 2.49. The first-order valence-corrected chi connectivity index (χ1v) is 12.9. The lowest BCUT2D eigenvalue weighted by Gasteiger charge is -2.46. The Bertz CT molecular complexity index is 1060. The number of hydrogen-bond acceptors (Lipinski definition) is 3. The van der Waals surface area contributed by atoms with Gasteiger partial charge in [0.25, 0.3) is 0 Å². The van der Waals surface area contributed by atoms with Gasteiger partial charge in [0, 0.05) is 18.6 Å². The van der Waals surface area contributed by atoms with Gasteiger partial charge >= 0.3 is 0 Å². The van der Waals surface area contributed by atoms with Gasteiger partial charge < -0.3 is 5.32 Å². The molecule has 3 heterocycles. The van der Waals surface area contributed by atoms with E-state index in [1.807, 2.05) is 61.5 Å². The molecule has 1 amide bonds. The molecule has 0 aromatic heterocycles. The molecule has 4 fully saturated rings. The summed E-state index contributed by atoms with van der Waals surface area (Å²) in [6.07, 6.45) is 5.39. The van der Waals surface area contributed by atoms with E-state index in [-0.39, 0.29) is 11.9 Å². The maximum Gasteiger partial charge on any atom is 0.230 e. The van der Waals surface area contributed by atoms with E-state index in [2.05, 4.69) is 5.32 Å². The molecule has 0 spiro atoms. The number of carbonyl (C=O) groups is 1. The molecule has 2 bridgehead atoms. The number of fused-ring (bicyclic) bond motifs is 3. The molecular formula is C25H30N2O3S. The molecule has 1 N–H and O–H groups in total. The normalized spacial score (nSPS) is 32.5. The van der Waals surface area contributed by atoms with Crippen molar-refractivity contribution in [3.63, 3.8) is 0 Å². The zero-order valence-electron chi connectivity index (χ0n) is 18.0. The third-order valence-electron chi connectivity index (χ3n) is 7.65. The monoisotopic (exact) mass is 438 g/mol. The van der Waals surface area contributed by atoms with Gasteiger partial charge in [-0.25, -0.2) is 8.42 Å². The molecule has 4 aliphatic rings. The van der Waals surface area contributed by atoms with Crippen LogP contribution < -0.4 is 5.32 Å². The van der Waals surface area contributed by atoms with Crippen LogP contribution in [-0.2, 0) is 26.8 Å². The number of hydrogen-bond donors (Lipinski definition) is 1. The maximum absolute atomic E-state index is 13.5. The smallest absolute Gasteiger partial charge is 0.230 e. The van der Waals surface area contributed by atoms with E-state index >= 15 is 0 Å². The van der Waals surface area contributed by atoms with Crippen LogP contribution >= 0.6 is 0 Å². The number of sulfonamides is 1. The number of nitrogens with one attached hydrogen (secondary N) is 1. The van der Waals surface area contributed by atoms with E-state index in [9.17, 15) is 13.2 Å². The van der Waals surface area contributed by atoms with Gasteiger partial charge in [0.1, 0.15) is 5.25 Å². The van der Waals surface area contributed by atoms with Crippen LogP contribution in [0.2, 0.25) is 0 Å². The largest absolute Gasteiger partial charge is 0.353 e. The fourth-order valence-corrected chi connectivity index (χ4v) is 7.88. The van der Waals surface area contributed by atoms with Crippen molar-refractivity contribution < 1.29 is 13.2 Å². The number of amides is 1. The van der Waals surface area contributed by atoms with Crippen LogP contribution in [0.4, 0.5) is 0 Å². The maximum atomic E-state index is 13.5. The second-order valence-electron chi connectivity index (χ2n) is 9.44. The summed E-state index contributed by atoms with van der Waals surface area (Å²) < 4.78 is 28.6. The third kappa shape index (κ3) is 3.50. The summed E-state index contributed by atoms with van der Waals surface area (Å²) in [7, 11) is -3.45. The second-order valence-corrected chi connectivity index (χ2v) is 11.5. The number of benzene rings is 2. The van der Waals surface area contributed by atoms with Crippen LogP contribution in [0, 0.1) is 0 Å². The fraction of sp³-hybridized carbons (Fsp3) is 0.480. The Kier molecular flexibility index (Phi) is 5.18. The van der Waals surface area contributed by atoms with Crippen LogP contribution in [0.5, 0.6) is 0 Å². The summed E-state index contributed by atoms with van der Waals surface area (Å²) in [5, 5.41) is 2.66. The van der Waals surface area contributed by atoms with E-state index in [0.717, 1.165) is 48.8 Å². The topological polar surface area (TPSA) is 66.5 Å². The van der Waals surface area contributed by atoms with Gasteiger partial charge in [0.15, 0.2) is 0 Å². The average Bonchev–Trinajstić information content (AvgIpc) is 2.78. The Labute approximate surface area is 184 Å². The lowest BCUT2D eigenvalue weighted by atomic mass is 9.64. The van der Waals surface area contributed by atoms with Gasteiger partial charge in [-0.05, 0) is 62.1 Å². The zero-order valence-corrected chi connectivity index (χ0v) is 18.8. The van der Waals surface area contributed by atoms with Crippen LogP contribution in [0.3, 0.4) is 0 Å². The van der Waals surface area contributed by atoms with Crippen molar-refractivity contribution in [2.24, 2.45) is 0 Å². The molecule has 1 aliphatic carbocycles. The molecule has 5 nitrogen and oxygen atoms in total. The Morgan fingerprint density at radius 1 is 0.968 bits per heavy atom. The van der Waals surface area contributed by atoms with Gasteiger partial charge in [-0.2, -0.15) is 4.31 Å². The number of rotatable bonds is 4. The lowest BCUT2D eigenvalue weighted by Crippen LogP contribution is -2.58. The molecule has 1 saturated carbocycles. The summed E-state index contributed by atoms with van der Waals surface area (Å²) in [6, 6.07) is 18.0. The fourth-order valence-electron chi connectivity index (χ4n) is 5.69. The lowest BCUT2D eigenvalue weighted by molar-refractivity contribution is -0.133. The first kappa shape index (κ1) is 20.7. The molecule has 2 aromatic rings. The van der Waals surface area contributed by atoms with Crippen molar-refractivity contribution in [1.82, 2.24) is 9.62 Å². The molecule has 3 aliphatic heterocycles. The van der Waals surface area contributed by atoms with E-state index in [1.54, 1.807) is 4.31 Å². The Morgan fingerprint density at radius 3 is 2.29 bits per heavy atom. The van der Waals surface area contributed by atoms with Gasteiger partial charge in [-0.1, -0.05) is 54.6 Å². The van der Waals surface area contributed by atoms with Crippen molar-refractivity contribution in [2.75, 3.05) is 0 Å². The highest BCUT2D eigenvalue weighted by Gasteiger charge is 2.48.